The van der Waals surface area contributed by atoms with Gasteiger partial charge in [0.15, 0.2) is 5.13 Å². The summed E-state index contributed by atoms with van der Waals surface area (Å²) in [4.78, 5) is 45.7. The number of fused-ring (bicyclic) bond motifs is 1. The molecule has 0 saturated heterocycles. The number of thiazole rings is 1. The minimum atomic E-state index is -0.633. The molecule has 0 saturated carbocycles. The molecule has 6 aromatic carbocycles. The lowest BCUT2D eigenvalue weighted by Crippen LogP contribution is -2.30. The Morgan fingerprint density at radius 3 is 2.15 bits per heavy atom. The molecule has 3 amide bonds. The molecule has 1 atom stereocenters. The molecule has 0 aliphatic rings. The van der Waals surface area contributed by atoms with Crippen molar-refractivity contribution in [3.8, 4) is 11.3 Å². The van der Waals surface area contributed by atoms with Crippen LogP contribution in [0.5, 0.6) is 0 Å². The molecule has 7 nitrogen and oxygen atoms in total. The second-order valence-electron chi connectivity index (χ2n) is 11.9. The molecule has 10 heteroatoms. The highest BCUT2D eigenvalue weighted by atomic mass is 32.2. The van der Waals surface area contributed by atoms with Gasteiger partial charge in [-0.3, -0.25) is 14.4 Å². The molecule has 0 aliphatic heterocycles. The fourth-order valence-electron chi connectivity index (χ4n) is 5.53. The number of carbonyl (C=O) groups is 3. The monoisotopic (exact) mass is 734 g/mol. The van der Waals surface area contributed by atoms with Crippen molar-refractivity contribution < 1.29 is 18.8 Å². The number of carbonyl (C=O) groups excluding carboxylic acids is 3. The van der Waals surface area contributed by atoms with Crippen molar-refractivity contribution in [2.75, 3.05) is 10.6 Å². The maximum atomic E-state index is 14.5. The van der Waals surface area contributed by atoms with Crippen molar-refractivity contribution in [3.05, 3.63) is 185 Å². The molecule has 1 unspecified atom stereocenters. The van der Waals surface area contributed by atoms with Gasteiger partial charge in [-0.25, -0.2) is 9.37 Å². The third kappa shape index (κ3) is 8.75. The first-order valence-corrected chi connectivity index (χ1v) is 18.4. The van der Waals surface area contributed by atoms with Gasteiger partial charge in [-0.1, -0.05) is 103 Å². The molecule has 1 aromatic heterocycles. The Labute approximate surface area is 313 Å². The van der Waals surface area contributed by atoms with Crippen molar-refractivity contribution in [2.45, 2.75) is 10.1 Å². The number of hydrogen-bond acceptors (Lipinski definition) is 6. The van der Waals surface area contributed by atoms with E-state index < -0.39 is 22.9 Å². The van der Waals surface area contributed by atoms with E-state index in [1.807, 2.05) is 53.9 Å². The molecule has 53 heavy (non-hydrogen) atoms. The van der Waals surface area contributed by atoms with Crippen LogP contribution in [0.3, 0.4) is 0 Å². The standard InChI is InChI=1S/C43H31FN4O3S2/c44-36-18-10-9-17-32(36)26-37(46-40(49)30-14-5-2-6-15-30)41(50)45-34-21-23-35(24-22-34)53-39(29-12-3-1-4-13-29)42(51)48-43-47-38(27-52-43)33-20-19-28-11-7-8-16-31(28)25-33/h1-27,39H,(H,45,50)(H,46,49)(H,47,48,51)/b37-26-. The van der Waals surface area contributed by atoms with Crippen LogP contribution in [0.25, 0.3) is 28.1 Å². The fraction of sp³-hybridized carbons (Fsp3) is 0.0233. The largest absolute Gasteiger partial charge is 0.321 e. The number of halogens is 1. The third-order valence-electron chi connectivity index (χ3n) is 8.22. The Balaban J connectivity index is 1.06. The van der Waals surface area contributed by atoms with E-state index in [0.29, 0.717) is 16.4 Å². The van der Waals surface area contributed by atoms with Gasteiger partial charge in [0.1, 0.15) is 16.8 Å². The molecule has 0 radical (unpaired) electrons. The van der Waals surface area contributed by atoms with Crippen LogP contribution in [0.4, 0.5) is 15.2 Å². The lowest BCUT2D eigenvalue weighted by atomic mass is 10.1. The zero-order valence-electron chi connectivity index (χ0n) is 28.0. The van der Waals surface area contributed by atoms with Gasteiger partial charge >= 0.3 is 0 Å². The van der Waals surface area contributed by atoms with Crippen LogP contribution in [-0.4, -0.2) is 22.7 Å². The SMILES string of the molecule is O=C(Nc1ccc(SC(C(=O)Nc2nc(-c3ccc4ccccc4c3)cs2)c2ccccc2)cc1)/C(=C/c1ccccc1F)NC(=O)c1ccccc1. The topological polar surface area (TPSA) is 100 Å². The summed E-state index contributed by atoms with van der Waals surface area (Å²) in [6, 6.07) is 45.2. The third-order valence-corrected chi connectivity index (χ3v) is 10.2. The van der Waals surface area contributed by atoms with E-state index in [1.54, 1.807) is 66.7 Å². The lowest BCUT2D eigenvalue weighted by molar-refractivity contribution is -0.116. The Kier molecular flexibility index (Phi) is 10.8. The first-order chi connectivity index (χ1) is 25.9. The van der Waals surface area contributed by atoms with E-state index in [9.17, 15) is 18.8 Å². The van der Waals surface area contributed by atoms with Gasteiger partial charge in [0, 0.05) is 32.7 Å². The molecule has 7 rings (SSSR count). The van der Waals surface area contributed by atoms with Gasteiger partial charge in [0.2, 0.25) is 5.91 Å². The number of aromatic nitrogens is 1. The summed E-state index contributed by atoms with van der Waals surface area (Å²) >= 11 is 2.73. The summed E-state index contributed by atoms with van der Waals surface area (Å²) in [7, 11) is 0. The smallest absolute Gasteiger partial charge is 0.272 e. The number of nitrogens with one attached hydrogen (secondary N) is 3. The van der Waals surface area contributed by atoms with Crippen LogP contribution >= 0.6 is 23.1 Å². The zero-order valence-corrected chi connectivity index (χ0v) is 29.7. The van der Waals surface area contributed by atoms with Crippen LogP contribution in [0.2, 0.25) is 0 Å². The zero-order chi connectivity index (χ0) is 36.6. The predicted molar refractivity (Wildman–Crippen MR) is 212 cm³/mol. The summed E-state index contributed by atoms with van der Waals surface area (Å²) in [5.74, 6) is -1.91. The van der Waals surface area contributed by atoms with Crippen LogP contribution in [0, 0.1) is 5.82 Å². The Morgan fingerprint density at radius 2 is 1.40 bits per heavy atom. The number of anilines is 2. The second-order valence-corrected chi connectivity index (χ2v) is 13.9. The number of hydrogen-bond donors (Lipinski definition) is 3. The van der Waals surface area contributed by atoms with E-state index in [1.165, 1.54) is 41.3 Å². The maximum Gasteiger partial charge on any atom is 0.272 e. The predicted octanol–water partition coefficient (Wildman–Crippen LogP) is 9.98. The first-order valence-electron chi connectivity index (χ1n) is 16.6. The highest BCUT2D eigenvalue weighted by Crippen LogP contribution is 2.37. The minimum absolute atomic E-state index is 0.130. The number of thioether (sulfide) groups is 1. The Morgan fingerprint density at radius 1 is 0.717 bits per heavy atom. The fourth-order valence-corrected chi connectivity index (χ4v) is 7.27. The number of benzene rings is 6. The maximum absolute atomic E-state index is 14.5. The number of amides is 3. The Bertz CT molecular complexity index is 2430. The van der Waals surface area contributed by atoms with Gasteiger partial charge in [0.25, 0.3) is 11.8 Å². The van der Waals surface area contributed by atoms with Crippen LogP contribution in [0.1, 0.15) is 26.7 Å². The van der Waals surface area contributed by atoms with E-state index in [0.717, 1.165) is 32.5 Å². The van der Waals surface area contributed by atoms with Gasteiger partial charge in [-0.05, 0) is 70.9 Å². The van der Waals surface area contributed by atoms with Gasteiger partial charge < -0.3 is 16.0 Å². The molecule has 0 aliphatic carbocycles. The minimum Gasteiger partial charge on any atom is -0.321 e. The molecular formula is C43H31FN4O3S2. The summed E-state index contributed by atoms with van der Waals surface area (Å²) in [5.41, 5.74) is 3.37. The Hall–Kier alpha value is -6.36. The molecule has 7 aromatic rings. The average molecular weight is 735 g/mol. The van der Waals surface area contributed by atoms with Crippen LogP contribution < -0.4 is 16.0 Å². The number of rotatable bonds is 11. The quantitative estimate of drug-likeness (QED) is 0.0908. The van der Waals surface area contributed by atoms with E-state index in [4.69, 9.17) is 4.98 Å². The van der Waals surface area contributed by atoms with Crippen molar-refractivity contribution in [2.24, 2.45) is 0 Å². The van der Waals surface area contributed by atoms with Crippen molar-refractivity contribution >= 4 is 68.5 Å². The molecule has 0 spiro atoms. The van der Waals surface area contributed by atoms with E-state index >= 15 is 0 Å². The molecule has 1 heterocycles. The summed E-state index contributed by atoms with van der Waals surface area (Å²) < 4.78 is 14.5. The van der Waals surface area contributed by atoms with Crippen LogP contribution in [-0.2, 0) is 9.59 Å². The van der Waals surface area contributed by atoms with Gasteiger partial charge in [0.05, 0.1) is 5.69 Å². The average Bonchev–Trinajstić information content (AvgIpc) is 3.67. The molecule has 260 valence electrons. The summed E-state index contributed by atoms with van der Waals surface area (Å²) in [6.07, 6.45) is 1.30. The highest BCUT2D eigenvalue weighted by Gasteiger charge is 2.24. The first kappa shape index (κ1) is 35.1. The molecule has 0 fully saturated rings. The highest BCUT2D eigenvalue weighted by molar-refractivity contribution is 8.00. The summed E-state index contributed by atoms with van der Waals surface area (Å²) in [6.45, 7) is 0. The van der Waals surface area contributed by atoms with Gasteiger partial charge in [-0.2, -0.15) is 0 Å². The van der Waals surface area contributed by atoms with E-state index in [2.05, 4.69) is 40.2 Å². The van der Waals surface area contributed by atoms with Gasteiger partial charge in [-0.15, -0.1) is 23.1 Å². The summed E-state index contributed by atoms with van der Waals surface area (Å²) in [5, 5.41) is 12.5. The molecule has 0 bridgehead atoms. The number of nitrogens with zero attached hydrogens (tertiary/aromatic N) is 1. The van der Waals surface area contributed by atoms with Crippen molar-refractivity contribution in [3.63, 3.8) is 0 Å². The normalized spacial score (nSPS) is 11.8. The van der Waals surface area contributed by atoms with Crippen LogP contribution in [0.15, 0.2) is 168 Å². The lowest BCUT2D eigenvalue weighted by Gasteiger charge is -2.17. The molecular weight excluding hydrogens is 704 g/mol. The van der Waals surface area contributed by atoms with E-state index in [-0.39, 0.29) is 17.2 Å². The second kappa shape index (κ2) is 16.3. The molecule has 3 N–H and O–H groups in total. The van der Waals surface area contributed by atoms with Crippen molar-refractivity contribution in [1.82, 2.24) is 10.3 Å². The van der Waals surface area contributed by atoms with Crippen molar-refractivity contribution in [1.29, 1.82) is 0 Å².